The van der Waals surface area contributed by atoms with Gasteiger partial charge in [-0.1, -0.05) is 12.1 Å². The Morgan fingerprint density at radius 1 is 1.00 bits per heavy atom. The summed E-state index contributed by atoms with van der Waals surface area (Å²) >= 11 is 0. The lowest BCUT2D eigenvalue weighted by atomic mass is 9.48. The zero-order valence-electron chi connectivity index (χ0n) is 11.8. The van der Waals surface area contributed by atoms with Gasteiger partial charge < -0.3 is 0 Å². The molecule has 20 heavy (non-hydrogen) atoms. The lowest BCUT2D eigenvalue weighted by Gasteiger charge is -2.56. The van der Waals surface area contributed by atoms with E-state index in [0.29, 0.717) is 12.2 Å². The molecule has 0 unspecified atom stereocenters. The highest BCUT2D eigenvalue weighted by molar-refractivity contribution is 5.87. The van der Waals surface area contributed by atoms with E-state index in [2.05, 4.69) is 0 Å². The van der Waals surface area contributed by atoms with Crippen molar-refractivity contribution in [3.8, 4) is 0 Å². The van der Waals surface area contributed by atoms with Gasteiger partial charge >= 0.3 is 0 Å². The molecule has 0 amide bonds. The summed E-state index contributed by atoms with van der Waals surface area (Å²) < 4.78 is 13.0. The van der Waals surface area contributed by atoms with Gasteiger partial charge in [-0.2, -0.15) is 0 Å². The Morgan fingerprint density at radius 3 is 2.00 bits per heavy atom. The lowest BCUT2D eigenvalue weighted by molar-refractivity contribution is -0.143. The van der Waals surface area contributed by atoms with Crippen LogP contribution in [0.15, 0.2) is 24.3 Å². The second kappa shape index (κ2) is 4.41. The first-order chi connectivity index (χ1) is 9.63. The zero-order chi connectivity index (χ0) is 13.7. The van der Waals surface area contributed by atoms with Crippen LogP contribution in [-0.4, -0.2) is 5.78 Å². The van der Waals surface area contributed by atoms with Crippen molar-refractivity contribution in [1.82, 2.24) is 0 Å². The Morgan fingerprint density at radius 2 is 1.50 bits per heavy atom. The highest BCUT2D eigenvalue weighted by Gasteiger charge is 2.53. The van der Waals surface area contributed by atoms with E-state index in [1.54, 1.807) is 12.1 Å². The number of ketones is 1. The van der Waals surface area contributed by atoms with E-state index in [9.17, 15) is 9.18 Å². The monoisotopic (exact) mass is 272 g/mol. The molecule has 1 aromatic carbocycles. The Hall–Kier alpha value is -1.18. The molecule has 4 aliphatic rings. The summed E-state index contributed by atoms with van der Waals surface area (Å²) in [5, 5.41) is 0. The van der Waals surface area contributed by atoms with Gasteiger partial charge in [-0.25, -0.2) is 4.39 Å². The maximum absolute atomic E-state index is 13.0. The van der Waals surface area contributed by atoms with Crippen molar-refractivity contribution < 1.29 is 9.18 Å². The number of carbonyl (C=O) groups excluding carboxylic acids is 1. The third-order valence-corrected chi connectivity index (χ3v) is 5.91. The number of halogens is 1. The van der Waals surface area contributed by atoms with Crippen molar-refractivity contribution >= 4 is 5.78 Å². The van der Waals surface area contributed by atoms with Gasteiger partial charge in [-0.3, -0.25) is 4.79 Å². The van der Waals surface area contributed by atoms with Crippen LogP contribution in [0.1, 0.15) is 44.1 Å². The summed E-state index contributed by atoms with van der Waals surface area (Å²) in [6, 6.07) is 6.44. The highest BCUT2D eigenvalue weighted by Crippen LogP contribution is 2.60. The maximum Gasteiger partial charge on any atom is 0.143 e. The Kier molecular flexibility index (Phi) is 2.77. The van der Waals surface area contributed by atoms with Crippen molar-refractivity contribution in [1.29, 1.82) is 0 Å². The van der Waals surface area contributed by atoms with Gasteiger partial charge in [0.1, 0.15) is 11.6 Å². The van der Waals surface area contributed by atoms with Crippen LogP contribution in [0.25, 0.3) is 0 Å². The summed E-state index contributed by atoms with van der Waals surface area (Å²) in [7, 11) is 0. The number of benzene rings is 1. The Balaban J connectivity index is 1.54. The summed E-state index contributed by atoms with van der Waals surface area (Å²) in [6.45, 7) is 0. The quantitative estimate of drug-likeness (QED) is 0.807. The van der Waals surface area contributed by atoms with Gasteiger partial charge in [0, 0.05) is 11.8 Å². The molecule has 0 heterocycles. The van der Waals surface area contributed by atoms with Crippen LogP contribution in [0.5, 0.6) is 0 Å². The molecule has 0 saturated heterocycles. The summed E-state index contributed by atoms with van der Waals surface area (Å²) in [4.78, 5) is 12.9. The largest absolute Gasteiger partial charge is 0.299 e. The number of Topliss-reactive ketones (excluding diaryl/α,β-unsaturated/α-hetero) is 1. The molecule has 0 aliphatic heterocycles. The third kappa shape index (κ3) is 2.01. The second-order valence-corrected chi connectivity index (χ2v) is 7.42. The van der Waals surface area contributed by atoms with Crippen molar-refractivity contribution in [2.24, 2.45) is 23.2 Å². The fourth-order valence-corrected chi connectivity index (χ4v) is 5.43. The van der Waals surface area contributed by atoms with Crippen LogP contribution in [0.2, 0.25) is 0 Å². The molecule has 1 aromatic rings. The van der Waals surface area contributed by atoms with E-state index >= 15 is 0 Å². The standard InChI is InChI=1S/C18H21FO/c19-16-3-1-12(2-4-16)8-17(20)18-9-13-5-14(10-18)7-15(6-13)11-18/h1-4,13-15H,5-11H2. The van der Waals surface area contributed by atoms with Crippen LogP contribution >= 0.6 is 0 Å². The fourth-order valence-electron chi connectivity index (χ4n) is 5.43. The molecule has 0 aromatic heterocycles. The number of hydrogen-bond acceptors (Lipinski definition) is 1. The first-order valence-electron chi connectivity index (χ1n) is 7.91. The van der Waals surface area contributed by atoms with E-state index in [-0.39, 0.29) is 11.2 Å². The van der Waals surface area contributed by atoms with Crippen molar-refractivity contribution in [3.05, 3.63) is 35.6 Å². The summed E-state index contributed by atoms with van der Waals surface area (Å²) in [5.74, 6) is 2.61. The predicted octanol–water partition coefficient (Wildman–Crippen LogP) is 4.15. The SMILES string of the molecule is O=C(Cc1ccc(F)cc1)C12CC3CC(CC(C3)C1)C2. The number of carbonyl (C=O) groups is 1. The van der Waals surface area contributed by atoms with Gasteiger partial charge in [-0.05, 0) is 74.0 Å². The summed E-state index contributed by atoms with van der Waals surface area (Å²) in [5.41, 5.74) is 0.940. The van der Waals surface area contributed by atoms with Gasteiger partial charge in [0.2, 0.25) is 0 Å². The first kappa shape index (κ1) is 12.6. The molecule has 0 radical (unpaired) electrons. The average Bonchev–Trinajstić information content (AvgIpc) is 2.40. The minimum atomic E-state index is -0.226. The Labute approximate surface area is 119 Å². The molecule has 0 spiro atoms. The van der Waals surface area contributed by atoms with Crippen LogP contribution in [0.3, 0.4) is 0 Å². The summed E-state index contributed by atoms with van der Waals surface area (Å²) in [6.07, 6.45) is 7.96. The molecule has 0 N–H and O–H groups in total. The average molecular weight is 272 g/mol. The molecular formula is C18H21FO. The fraction of sp³-hybridized carbons (Fsp3) is 0.611. The van der Waals surface area contributed by atoms with Crippen molar-refractivity contribution in [2.45, 2.75) is 44.9 Å². The van der Waals surface area contributed by atoms with Crippen LogP contribution in [0.4, 0.5) is 4.39 Å². The molecule has 4 fully saturated rings. The van der Waals surface area contributed by atoms with E-state index in [1.807, 2.05) is 0 Å². The molecular weight excluding hydrogens is 251 g/mol. The van der Waals surface area contributed by atoms with Crippen LogP contribution < -0.4 is 0 Å². The molecule has 4 bridgehead atoms. The molecule has 5 rings (SSSR count). The second-order valence-electron chi connectivity index (χ2n) is 7.42. The molecule has 4 saturated carbocycles. The van der Waals surface area contributed by atoms with Crippen molar-refractivity contribution in [2.75, 3.05) is 0 Å². The molecule has 2 heteroatoms. The predicted molar refractivity (Wildman–Crippen MR) is 75.7 cm³/mol. The van der Waals surface area contributed by atoms with E-state index < -0.39 is 0 Å². The van der Waals surface area contributed by atoms with E-state index in [4.69, 9.17) is 0 Å². The molecule has 0 atom stereocenters. The minimum absolute atomic E-state index is 0.0247. The zero-order valence-corrected chi connectivity index (χ0v) is 11.8. The minimum Gasteiger partial charge on any atom is -0.299 e. The smallest absolute Gasteiger partial charge is 0.143 e. The topological polar surface area (TPSA) is 17.1 Å². The molecule has 4 aliphatic carbocycles. The number of rotatable bonds is 3. The third-order valence-electron chi connectivity index (χ3n) is 5.91. The van der Waals surface area contributed by atoms with Gasteiger partial charge in [0.15, 0.2) is 0 Å². The van der Waals surface area contributed by atoms with Gasteiger partial charge in [0.25, 0.3) is 0 Å². The molecule has 106 valence electrons. The lowest BCUT2D eigenvalue weighted by Crippen LogP contribution is -2.50. The van der Waals surface area contributed by atoms with E-state index in [0.717, 1.165) is 42.6 Å². The van der Waals surface area contributed by atoms with Gasteiger partial charge in [0.05, 0.1) is 0 Å². The first-order valence-corrected chi connectivity index (χ1v) is 7.91. The maximum atomic E-state index is 13.0. The van der Waals surface area contributed by atoms with Crippen LogP contribution in [-0.2, 0) is 11.2 Å². The molecule has 1 nitrogen and oxygen atoms in total. The normalized spacial score (nSPS) is 38.1. The van der Waals surface area contributed by atoms with Crippen LogP contribution in [0, 0.1) is 29.0 Å². The number of hydrogen-bond donors (Lipinski definition) is 0. The van der Waals surface area contributed by atoms with Gasteiger partial charge in [-0.15, -0.1) is 0 Å². The highest BCUT2D eigenvalue weighted by atomic mass is 19.1. The van der Waals surface area contributed by atoms with E-state index in [1.165, 1.54) is 31.4 Å². The Bertz CT molecular complexity index is 496. The van der Waals surface area contributed by atoms with Crippen molar-refractivity contribution in [3.63, 3.8) is 0 Å².